The molecule has 0 aliphatic rings. The van der Waals surface area contributed by atoms with E-state index in [0.29, 0.717) is 6.04 Å². The Bertz CT molecular complexity index is 488. The van der Waals surface area contributed by atoms with E-state index < -0.39 is 0 Å². The molecule has 0 fully saturated rings. The van der Waals surface area contributed by atoms with Crippen LogP contribution >= 0.6 is 0 Å². The van der Waals surface area contributed by atoms with Gasteiger partial charge in [-0.3, -0.25) is 0 Å². The van der Waals surface area contributed by atoms with Gasteiger partial charge in [0.1, 0.15) is 0 Å². The first kappa shape index (κ1) is 13.6. The number of hydrogen-bond acceptors (Lipinski definition) is 1. The predicted octanol–water partition coefficient (Wildman–Crippen LogP) is 4.48. The van der Waals surface area contributed by atoms with E-state index in [-0.39, 0.29) is 0 Å². The molecule has 2 aromatic rings. The highest BCUT2D eigenvalue weighted by Crippen LogP contribution is 2.17. The summed E-state index contributed by atoms with van der Waals surface area (Å²) in [5, 5.41) is 3.64. The molecule has 1 N–H and O–H groups in total. The van der Waals surface area contributed by atoms with E-state index >= 15 is 0 Å². The van der Waals surface area contributed by atoms with Crippen molar-refractivity contribution in [3.63, 3.8) is 0 Å². The van der Waals surface area contributed by atoms with Crippen LogP contribution in [0.2, 0.25) is 0 Å². The molecule has 0 heterocycles. The van der Waals surface area contributed by atoms with Crippen molar-refractivity contribution in [3.05, 3.63) is 83.9 Å². The van der Waals surface area contributed by atoms with Gasteiger partial charge < -0.3 is 5.32 Å². The molecule has 0 amide bonds. The summed E-state index contributed by atoms with van der Waals surface area (Å²) in [5.74, 6) is 0. The van der Waals surface area contributed by atoms with Crippen molar-refractivity contribution in [2.24, 2.45) is 0 Å². The van der Waals surface area contributed by atoms with Crippen molar-refractivity contribution >= 4 is 0 Å². The van der Waals surface area contributed by atoms with Crippen molar-refractivity contribution in [2.45, 2.75) is 25.9 Å². The van der Waals surface area contributed by atoms with Crippen LogP contribution < -0.4 is 5.32 Å². The van der Waals surface area contributed by atoms with Crippen molar-refractivity contribution in [3.8, 4) is 0 Å². The van der Waals surface area contributed by atoms with Gasteiger partial charge in [-0.2, -0.15) is 0 Å². The second-order valence-electron chi connectivity index (χ2n) is 4.63. The van der Waals surface area contributed by atoms with Crippen LogP contribution in [0.5, 0.6) is 0 Å². The Morgan fingerprint density at radius 1 is 0.947 bits per heavy atom. The maximum absolute atomic E-state index is 3.64. The number of benzene rings is 2. The third kappa shape index (κ3) is 4.38. The van der Waals surface area contributed by atoms with Crippen LogP contribution in [0.15, 0.2) is 72.8 Å². The second kappa shape index (κ2) is 7.55. The summed E-state index contributed by atoms with van der Waals surface area (Å²) < 4.78 is 0. The molecule has 0 bridgehead atoms. The largest absolute Gasteiger partial charge is 0.306 e. The minimum Gasteiger partial charge on any atom is -0.306 e. The van der Waals surface area contributed by atoms with Crippen LogP contribution in [0.3, 0.4) is 0 Å². The lowest BCUT2D eigenvalue weighted by Crippen LogP contribution is -2.20. The Morgan fingerprint density at radius 2 is 1.58 bits per heavy atom. The number of allylic oxidation sites excluding steroid dienone is 1. The number of nitrogens with one attached hydrogen (secondary N) is 1. The molecule has 19 heavy (non-hydrogen) atoms. The van der Waals surface area contributed by atoms with Crippen LogP contribution in [0.1, 0.15) is 30.5 Å². The minimum absolute atomic E-state index is 0.373. The molecular formula is C18H21N. The maximum atomic E-state index is 3.64. The van der Waals surface area contributed by atoms with E-state index in [1.54, 1.807) is 0 Å². The zero-order valence-electron chi connectivity index (χ0n) is 11.4. The fourth-order valence-corrected chi connectivity index (χ4v) is 2.13. The maximum Gasteiger partial charge on any atom is 0.0357 e. The van der Waals surface area contributed by atoms with Gasteiger partial charge in [0.15, 0.2) is 0 Å². The predicted molar refractivity (Wildman–Crippen MR) is 81.9 cm³/mol. The fraction of sp³-hybridized carbons (Fsp3) is 0.222. The van der Waals surface area contributed by atoms with Gasteiger partial charge in [0.25, 0.3) is 0 Å². The molecule has 98 valence electrons. The zero-order valence-corrected chi connectivity index (χ0v) is 11.4. The lowest BCUT2D eigenvalue weighted by molar-refractivity contribution is 0.538. The molecular weight excluding hydrogens is 230 g/mol. The van der Waals surface area contributed by atoms with Crippen LogP contribution in [0.4, 0.5) is 0 Å². The molecule has 0 spiro atoms. The van der Waals surface area contributed by atoms with Crippen molar-refractivity contribution in [2.75, 3.05) is 0 Å². The molecule has 2 rings (SSSR count). The highest BCUT2D eigenvalue weighted by atomic mass is 14.9. The first-order chi connectivity index (χ1) is 9.40. The Balaban J connectivity index is 2.02. The third-order valence-corrected chi connectivity index (χ3v) is 3.20. The first-order valence-electron chi connectivity index (χ1n) is 6.83. The average molecular weight is 251 g/mol. The van der Waals surface area contributed by atoms with E-state index in [9.17, 15) is 0 Å². The molecule has 0 aliphatic heterocycles. The van der Waals surface area contributed by atoms with Crippen LogP contribution in [0, 0.1) is 0 Å². The minimum atomic E-state index is 0.373. The van der Waals surface area contributed by atoms with E-state index in [1.165, 1.54) is 11.1 Å². The van der Waals surface area contributed by atoms with Gasteiger partial charge in [0, 0.05) is 12.6 Å². The molecule has 1 heteroatoms. The second-order valence-corrected chi connectivity index (χ2v) is 4.63. The molecule has 0 saturated heterocycles. The summed E-state index contributed by atoms with van der Waals surface area (Å²) >= 11 is 0. The molecule has 0 aliphatic carbocycles. The highest BCUT2D eigenvalue weighted by Gasteiger charge is 2.08. The van der Waals surface area contributed by atoms with Crippen LogP contribution in [-0.4, -0.2) is 0 Å². The van der Waals surface area contributed by atoms with E-state index in [1.807, 2.05) is 0 Å². The van der Waals surface area contributed by atoms with Crippen LogP contribution in [0.25, 0.3) is 0 Å². The van der Waals surface area contributed by atoms with Gasteiger partial charge >= 0.3 is 0 Å². The fourth-order valence-electron chi connectivity index (χ4n) is 2.13. The number of rotatable bonds is 6. The summed E-state index contributed by atoms with van der Waals surface area (Å²) in [7, 11) is 0. The Hall–Kier alpha value is -1.86. The monoisotopic (exact) mass is 251 g/mol. The molecule has 1 nitrogen and oxygen atoms in total. The molecule has 0 radical (unpaired) electrons. The Kier molecular flexibility index (Phi) is 5.39. The van der Waals surface area contributed by atoms with Crippen molar-refractivity contribution < 1.29 is 0 Å². The van der Waals surface area contributed by atoms with Gasteiger partial charge in [-0.05, 0) is 24.5 Å². The van der Waals surface area contributed by atoms with Crippen molar-refractivity contribution in [1.82, 2.24) is 5.32 Å². The first-order valence-corrected chi connectivity index (χ1v) is 6.83. The Labute approximate surface area is 116 Å². The summed E-state index contributed by atoms with van der Waals surface area (Å²) in [6, 6.07) is 21.5. The van der Waals surface area contributed by atoms with E-state index in [2.05, 4.69) is 85.1 Å². The summed E-state index contributed by atoms with van der Waals surface area (Å²) in [4.78, 5) is 0. The van der Waals surface area contributed by atoms with Gasteiger partial charge in [-0.15, -0.1) is 0 Å². The zero-order chi connectivity index (χ0) is 13.3. The third-order valence-electron chi connectivity index (χ3n) is 3.20. The molecule has 0 aromatic heterocycles. The molecule has 1 atom stereocenters. The smallest absolute Gasteiger partial charge is 0.0357 e. The topological polar surface area (TPSA) is 12.0 Å². The molecule has 0 unspecified atom stereocenters. The average Bonchev–Trinajstić information content (AvgIpc) is 2.49. The van der Waals surface area contributed by atoms with E-state index in [4.69, 9.17) is 0 Å². The summed E-state index contributed by atoms with van der Waals surface area (Å²) in [6.07, 6.45) is 5.35. The van der Waals surface area contributed by atoms with Gasteiger partial charge in [0.05, 0.1) is 0 Å². The standard InChI is InChI=1S/C18H21N/c1-2-3-14-18(17-12-8-5-9-13-17)19-15-16-10-6-4-7-11-16/h2-13,18-19H,14-15H2,1H3/b3-2+/t18-/m1/s1. The van der Waals surface area contributed by atoms with Crippen LogP contribution in [-0.2, 0) is 6.54 Å². The summed E-state index contributed by atoms with van der Waals surface area (Å²) in [6.45, 7) is 2.97. The van der Waals surface area contributed by atoms with Crippen molar-refractivity contribution in [1.29, 1.82) is 0 Å². The SMILES string of the molecule is C/C=C/C[C@@H](NCc1ccccc1)c1ccccc1. The summed E-state index contributed by atoms with van der Waals surface area (Å²) in [5.41, 5.74) is 2.67. The van der Waals surface area contributed by atoms with Gasteiger partial charge in [-0.1, -0.05) is 72.8 Å². The van der Waals surface area contributed by atoms with Gasteiger partial charge in [0.2, 0.25) is 0 Å². The Morgan fingerprint density at radius 3 is 2.21 bits per heavy atom. The highest BCUT2D eigenvalue weighted by molar-refractivity contribution is 5.21. The number of hydrogen-bond donors (Lipinski definition) is 1. The van der Waals surface area contributed by atoms with Gasteiger partial charge in [-0.25, -0.2) is 0 Å². The lowest BCUT2D eigenvalue weighted by atomic mass is 10.0. The molecule has 0 saturated carbocycles. The normalized spacial score (nSPS) is 12.7. The van der Waals surface area contributed by atoms with E-state index in [0.717, 1.165) is 13.0 Å². The lowest BCUT2D eigenvalue weighted by Gasteiger charge is -2.18. The quantitative estimate of drug-likeness (QED) is 0.746. The molecule has 2 aromatic carbocycles.